The van der Waals surface area contributed by atoms with Gasteiger partial charge in [0.05, 0.1) is 42.4 Å². The summed E-state index contributed by atoms with van der Waals surface area (Å²) in [4.78, 5) is 8.08. The largest absolute Gasteiger partial charge is 0.379 e. The van der Waals surface area contributed by atoms with Gasteiger partial charge in [-0.3, -0.25) is 0 Å². The van der Waals surface area contributed by atoms with Crippen molar-refractivity contribution in [2.24, 2.45) is 5.92 Å². The Bertz CT molecular complexity index is 549. The first-order chi connectivity index (χ1) is 9.38. The molecule has 1 aromatic rings. The molecule has 0 bridgehead atoms. The molecule has 0 radical (unpaired) electrons. The summed E-state index contributed by atoms with van der Waals surface area (Å²) in [5.74, 6) is 0.310. The van der Waals surface area contributed by atoms with E-state index in [9.17, 15) is 8.42 Å². The predicted molar refractivity (Wildman–Crippen MR) is 76.2 cm³/mol. The summed E-state index contributed by atoms with van der Waals surface area (Å²) in [6.07, 6.45) is 2.97. The van der Waals surface area contributed by atoms with Crippen LogP contribution in [0.2, 0.25) is 5.02 Å². The number of hydrogen-bond acceptors (Lipinski definition) is 6. The van der Waals surface area contributed by atoms with Crippen molar-refractivity contribution in [3.63, 3.8) is 0 Å². The third-order valence-corrected chi connectivity index (χ3v) is 5.27. The molecule has 1 N–H and O–H groups in total. The zero-order valence-corrected chi connectivity index (χ0v) is 12.9. The van der Waals surface area contributed by atoms with E-state index in [4.69, 9.17) is 16.3 Å². The van der Waals surface area contributed by atoms with Crippen LogP contribution in [-0.4, -0.2) is 61.8 Å². The summed E-state index contributed by atoms with van der Waals surface area (Å²) >= 11 is 5.72. The molecule has 0 saturated carbocycles. The Hall–Kier alpha value is -0.960. The van der Waals surface area contributed by atoms with Gasteiger partial charge in [0.1, 0.15) is 0 Å². The van der Waals surface area contributed by atoms with E-state index < -0.39 is 10.0 Å². The van der Waals surface area contributed by atoms with Gasteiger partial charge in [0.2, 0.25) is 16.0 Å². The molecule has 0 aromatic carbocycles. The minimum atomic E-state index is -3.26. The van der Waals surface area contributed by atoms with Crippen molar-refractivity contribution in [2.75, 3.05) is 38.4 Å². The van der Waals surface area contributed by atoms with E-state index in [1.54, 1.807) is 0 Å². The van der Waals surface area contributed by atoms with Crippen LogP contribution in [0.3, 0.4) is 0 Å². The smallest absolute Gasteiger partial charge is 0.222 e. The van der Waals surface area contributed by atoms with Crippen LogP contribution in [0, 0.1) is 5.92 Å². The van der Waals surface area contributed by atoms with Crippen LogP contribution in [0.15, 0.2) is 12.4 Å². The first kappa shape index (κ1) is 15.4. The molecule has 20 heavy (non-hydrogen) atoms. The molecule has 1 aliphatic heterocycles. The molecule has 112 valence electrons. The third kappa shape index (κ3) is 3.78. The summed E-state index contributed by atoms with van der Waals surface area (Å²) in [5, 5.41) is 3.54. The molecule has 2 atom stereocenters. The molecular weight excluding hydrogens is 304 g/mol. The normalized spacial score (nSPS) is 23.2. The van der Waals surface area contributed by atoms with Gasteiger partial charge >= 0.3 is 0 Å². The molecule has 7 nitrogen and oxygen atoms in total. The molecule has 0 spiro atoms. The number of sulfonamides is 1. The van der Waals surface area contributed by atoms with Crippen molar-refractivity contribution in [1.82, 2.24) is 14.3 Å². The average molecular weight is 321 g/mol. The van der Waals surface area contributed by atoms with Gasteiger partial charge in [-0.1, -0.05) is 11.6 Å². The lowest BCUT2D eigenvalue weighted by molar-refractivity contribution is 0.187. The van der Waals surface area contributed by atoms with E-state index in [-0.39, 0.29) is 17.7 Å². The number of ether oxygens (including phenoxy) is 1. The SMILES string of the molecule is CN(C)S(=O)(=O)C[C@@H]1COC[C@@H]1Nc1ncc(Cl)cn1. The Morgan fingerprint density at radius 3 is 2.65 bits per heavy atom. The highest BCUT2D eigenvalue weighted by molar-refractivity contribution is 7.89. The fraction of sp³-hybridized carbons (Fsp3) is 0.636. The van der Waals surface area contributed by atoms with Crippen LogP contribution >= 0.6 is 11.6 Å². The van der Waals surface area contributed by atoms with Crippen LogP contribution in [0.25, 0.3) is 0 Å². The lowest BCUT2D eigenvalue weighted by Gasteiger charge is -2.20. The Morgan fingerprint density at radius 1 is 1.40 bits per heavy atom. The number of aromatic nitrogens is 2. The Labute approximate surface area is 123 Å². The molecule has 0 unspecified atom stereocenters. The molecule has 2 heterocycles. The number of halogens is 1. The van der Waals surface area contributed by atoms with Gasteiger partial charge in [-0.25, -0.2) is 22.7 Å². The van der Waals surface area contributed by atoms with Gasteiger partial charge in [0.15, 0.2) is 0 Å². The summed E-state index contributed by atoms with van der Waals surface area (Å²) in [7, 11) is -0.215. The molecule has 9 heteroatoms. The van der Waals surface area contributed by atoms with Crippen LogP contribution in [0.5, 0.6) is 0 Å². The van der Waals surface area contributed by atoms with Crippen molar-refractivity contribution in [3.8, 4) is 0 Å². The van der Waals surface area contributed by atoms with E-state index in [2.05, 4.69) is 15.3 Å². The number of anilines is 1. The molecule has 1 aromatic heterocycles. The first-order valence-electron chi connectivity index (χ1n) is 6.10. The summed E-state index contributed by atoms with van der Waals surface area (Å²) in [6.45, 7) is 0.831. The van der Waals surface area contributed by atoms with Crippen molar-refractivity contribution in [1.29, 1.82) is 0 Å². The van der Waals surface area contributed by atoms with Gasteiger partial charge in [0.25, 0.3) is 0 Å². The summed E-state index contributed by atoms with van der Waals surface area (Å²) in [5.41, 5.74) is 0. The zero-order valence-electron chi connectivity index (χ0n) is 11.3. The van der Waals surface area contributed by atoms with E-state index >= 15 is 0 Å². The standard InChI is InChI=1S/C11H17ClN4O3S/c1-16(2)20(17,18)7-8-5-19-6-10(8)15-11-13-3-9(12)4-14-11/h3-4,8,10H,5-7H2,1-2H3,(H,13,14,15)/t8-,10-/m0/s1. The molecule has 1 saturated heterocycles. The Morgan fingerprint density at radius 2 is 2.05 bits per heavy atom. The van der Waals surface area contributed by atoms with Crippen molar-refractivity contribution >= 4 is 27.6 Å². The highest BCUT2D eigenvalue weighted by Gasteiger charge is 2.33. The zero-order chi connectivity index (χ0) is 14.8. The van der Waals surface area contributed by atoms with Gasteiger partial charge in [-0.2, -0.15) is 0 Å². The summed E-state index contributed by atoms with van der Waals surface area (Å²) in [6, 6.07) is -0.133. The second-order valence-electron chi connectivity index (χ2n) is 4.83. The number of nitrogens with one attached hydrogen (secondary N) is 1. The van der Waals surface area contributed by atoms with E-state index in [1.165, 1.54) is 30.8 Å². The van der Waals surface area contributed by atoms with E-state index in [0.29, 0.717) is 24.2 Å². The van der Waals surface area contributed by atoms with Crippen LogP contribution < -0.4 is 5.32 Å². The number of nitrogens with zero attached hydrogens (tertiary/aromatic N) is 3. The van der Waals surface area contributed by atoms with Gasteiger partial charge in [-0.05, 0) is 0 Å². The Kier molecular flexibility index (Phi) is 4.79. The first-order valence-corrected chi connectivity index (χ1v) is 8.09. The summed E-state index contributed by atoms with van der Waals surface area (Å²) < 4.78 is 30.4. The third-order valence-electron chi connectivity index (χ3n) is 3.11. The average Bonchev–Trinajstić information content (AvgIpc) is 2.79. The van der Waals surface area contributed by atoms with Gasteiger partial charge in [0, 0.05) is 20.0 Å². The minimum absolute atomic E-state index is 0.0330. The van der Waals surface area contributed by atoms with Crippen molar-refractivity contribution in [2.45, 2.75) is 6.04 Å². The predicted octanol–water partition coefficient (Wildman–Crippen LogP) is 0.448. The van der Waals surface area contributed by atoms with Crippen LogP contribution in [-0.2, 0) is 14.8 Å². The number of rotatable bonds is 5. The maximum absolute atomic E-state index is 11.9. The van der Waals surface area contributed by atoms with Crippen LogP contribution in [0.4, 0.5) is 5.95 Å². The molecule has 1 fully saturated rings. The highest BCUT2D eigenvalue weighted by Crippen LogP contribution is 2.20. The van der Waals surface area contributed by atoms with Crippen molar-refractivity contribution < 1.29 is 13.2 Å². The molecule has 1 aliphatic rings. The molecule has 0 amide bonds. The van der Waals surface area contributed by atoms with Crippen molar-refractivity contribution in [3.05, 3.63) is 17.4 Å². The van der Waals surface area contributed by atoms with E-state index in [0.717, 1.165) is 0 Å². The molecule has 0 aliphatic carbocycles. The fourth-order valence-corrected chi connectivity index (χ4v) is 3.16. The van der Waals surface area contributed by atoms with E-state index in [1.807, 2.05) is 0 Å². The van der Waals surface area contributed by atoms with Crippen LogP contribution in [0.1, 0.15) is 0 Å². The second kappa shape index (κ2) is 6.21. The lowest BCUT2D eigenvalue weighted by Crippen LogP contribution is -2.37. The lowest BCUT2D eigenvalue weighted by atomic mass is 10.1. The second-order valence-corrected chi connectivity index (χ2v) is 7.50. The number of hydrogen-bond donors (Lipinski definition) is 1. The molecular formula is C11H17ClN4O3S. The van der Waals surface area contributed by atoms with Gasteiger partial charge < -0.3 is 10.1 Å². The fourth-order valence-electron chi connectivity index (χ4n) is 1.89. The minimum Gasteiger partial charge on any atom is -0.379 e. The van der Waals surface area contributed by atoms with Gasteiger partial charge in [-0.15, -0.1) is 0 Å². The monoisotopic (exact) mass is 320 g/mol. The maximum Gasteiger partial charge on any atom is 0.222 e. The quantitative estimate of drug-likeness (QED) is 0.848. The Balaban J connectivity index is 2.02. The topological polar surface area (TPSA) is 84.4 Å². The maximum atomic E-state index is 11.9. The molecule has 2 rings (SSSR count). The highest BCUT2D eigenvalue weighted by atomic mass is 35.5.